The number of hydrogen-bond acceptors (Lipinski definition) is 7. The van der Waals surface area contributed by atoms with Crippen LogP contribution in [0.3, 0.4) is 0 Å². The average molecular weight is 491 g/mol. The van der Waals surface area contributed by atoms with Crippen LogP contribution in [0, 0.1) is 0 Å². The quantitative estimate of drug-likeness (QED) is 0.339. The predicted molar refractivity (Wildman–Crippen MR) is 113 cm³/mol. The number of amides is 2. The first kappa shape index (κ1) is 23.9. The molecule has 1 atom stereocenters. The highest BCUT2D eigenvalue weighted by molar-refractivity contribution is 6.29. The van der Waals surface area contributed by atoms with Crippen LogP contribution >= 0.6 is 23.2 Å². The molecule has 32 heavy (non-hydrogen) atoms. The maximum absolute atomic E-state index is 12.8. The number of methoxy groups -OCH3 is 1. The van der Waals surface area contributed by atoms with Crippen molar-refractivity contribution in [3.63, 3.8) is 0 Å². The van der Waals surface area contributed by atoms with Gasteiger partial charge in [-0.3, -0.25) is 4.98 Å². The lowest BCUT2D eigenvalue weighted by Gasteiger charge is -2.19. The van der Waals surface area contributed by atoms with Gasteiger partial charge in [0.05, 0.1) is 55.0 Å². The zero-order valence-corrected chi connectivity index (χ0v) is 18.3. The molecule has 2 amide bonds. The Morgan fingerprint density at radius 1 is 1.25 bits per heavy atom. The molecular weight excluding hydrogens is 473 g/mol. The number of urea groups is 1. The maximum atomic E-state index is 12.8. The minimum Gasteiger partial charge on any atom is -0.418 e. The van der Waals surface area contributed by atoms with E-state index in [0.29, 0.717) is 24.6 Å². The van der Waals surface area contributed by atoms with Gasteiger partial charge in [0.2, 0.25) is 0 Å². The summed E-state index contributed by atoms with van der Waals surface area (Å²) in [6.45, 7) is 2.43. The SMILES string of the molecule is COCCO[C@@H](C)c1c(NC(=O)Nc2cncc(OC(F)(F)Cl)c2)cnc2cc(Cl)nn12. The molecule has 0 radical (unpaired) electrons. The smallest absolute Gasteiger partial charge is 0.418 e. The number of halogens is 4. The van der Waals surface area contributed by atoms with Gasteiger partial charge in [0, 0.05) is 30.8 Å². The van der Waals surface area contributed by atoms with E-state index in [1.807, 2.05) is 0 Å². The van der Waals surface area contributed by atoms with Gasteiger partial charge in [-0.2, -0.15) is 5.10 Å². The van der Waals surface area contributed by atoms with Crippen molar-refractivity contribution in [2.45, 2.75) is 18.6 Å². The van der Waals surface area contributed by atoms with Crippen molar-refractivity contribution in [3.05, 3.63) is 41.6 Å². The fourth-order valence-electron chi connectivity index (χ4n) is 2.76. The van der Waals surface area contributed by atoms with Crippen molar-refractivity contribution in [2.75, 3.05) is 31.0 Å². The summed E-state index contributed by atoms with van der Waals surface area (Å²) in [5, 5.41) is 9.49. The third-order valence-corrected chi connectivity index (χ3v) is 4.25. The average Bonchev–Trinajstić information content (AvgIpc) is 3.07. The van der Waals surface area contributed by atoms with E-state index in [0.717, 1.165) is 12.3 Å². The number of nitrogens with one attached hydrogen (secondary N) is 2. The van der Waals surface area contributed by atoms with Gasteiger partial charge >= 0.3 is 11.6 Å². The number of anilines is 2. The van der Waals surface area contributed by atoms with E-state index in [1.54, 1.807) is 20.1 Å². The standard InChI is InChI=1S/C18H18Cl2F2N6O4/c1-10(31-4-3-30-2)16-13(9-24-15-6-14(19)27-28(15)16)26-17(29)25-11-5-12(8-23-7-11)32-18(20,21)22/h5-10H,3-4H2,1-2H3,(H2,25,26,29)/t10-/m0/s1. The summed E-state index contributed by atoms with van der Waals surface area (Å²) < 4.78 is 42.1. The molecule has 14 heteroatoms. The summed E-state index contributed by atoms with van der Waals surface area (Å²) >= 11 is 10.7. The normalized spacial score (nSPS) is 12.6. The van der Waals surface area contributed by atoms with Crippen LogP contribution in [-0.2, 0) is 9.47 Å². The molecule has 0 saturated carbocycles. The minimum atomic E-state index is -3.91. The molecule has 0 aliphatic carbocycles. The number of aromatic nitrogens is 4. The summed E-state index contributed by atoms with van der Waals surface area (Å²) in [6, 6.07) is 1.99. The van der Waals surface area contributed by atoms with Crippen molar-refractivity contribution >= 4 is 46.3 Å². The van der Waals surface area contributed by atoms with Crippen LogP contribution < -0.4 is 15.4 Å². The molecule has 3 aromatic rings. The van der Waals surface area contributed by atoms with Gasteiger partial charge in [-0.25, -0.2) is 14.3 Å². The lowest BCUT2D eigenvalue weighted by atomic mass is 10.2. The van der Waals surface area contributed by atoms with E-state index in [2.05, 4.69) is 30.4 Å². The second kappa shape index (κ2) is 10.2. The summed E-state index contributed by atoms with van der Waals surface area (Å²) in [7, 11) is 1.55. The zero-order valence-electron chi connectivity index (χ0n) is 16.8. The third kappa shape index (κ3) is 6.36. The van der Waals surface area contributed by atoms with E-state index in [1.165, 1.54) is 16.9 Å². The predicted octanol–water partition coefficient (Wildman–Crippen LogP) is 4.31. The number of alkyl halides is 3. The highest BCUT2D eigenvalue weighted by Gasteiger charge is 2.28. The topological polar surface area (TPSA) is 112 Å². The fourth-order valence-corrected chi connectivity index (χ4v) is 3.02. The van der Waals surface area contributed by atoms with Crippen molar-refractivity contribution in [1.82, 2.24) is 19.6 Å². The molecule has 0 aliphatic rings. The van der Waals surface area contributed by atoms with Gasteiger partial charge in [-0.1, -0.05) is 11.6 Å². The summed E-state index contributed by atoms with van der Waals surface area (Å²) in [5.74, 6) is -0.335. The molecule has 0 aromatic carbocycles. The van der Waals surface area contributed by atoms with Crippen molar-refractivity contribution < 1.29 is 27.8 Å². The minimum absolute atomic E-state index is 0.0861. The number of fused-ring (bicyclic) bond motifs is 1. The molecule has 10 nitrogen and oxygen atoms in total. The Balaban J connectivity index is 1.81. The lowest BCUT2D eigenvalue weighted by Crippen LogP contribution is -2.23. The van der Waals surface area contributed by atoms with Crippen LogP contribution in [0.1, 0.15) is 18.7 Å². The number of carbonyl (C=O) groups is 1. The molecule has 0 bridgehead atoms. The highest BCUT2D eigenvalue weighted by atomic mass is 35.5. The number of hydrogen-bond donors (Lipinski definition) is 2. The van der Waals surface area contributed by atoms with Gasteiger partial charge in [-0.05, 0) is 6.92 Å². The van der Waals surface area contributed by atoms with Crippen LogP contribution in [0.4, 0.5) is 25.0 Å². The molecule has 3 aromatic heterocycles. The van der Waals surface area contributed by atoms with E-state index >= 15 is 0 Å². The van der Waals surface area contributed by atoms with E-state index in [4.69, 9.17) is 32.7 Å². The Hall–Kier alpha value is -2.80. The number of carbonyl (C=O) groups excluding carboxylic acids is 1. The Morgan fingerprint density at radius 3 is 2.75 bits per heavy atom. The van der Waals surface area contributed by atoms with Crippen molar-refractivity contribution in [2.24, 2.45) is 0 Å². The summed E-state index contributed by atoms with van der Waals surface area (Å²) in [5.41, 5.74) is -2.61. The van der Waals surface area contributed by atoms with Crippen LogP contribution in [0.25, 0.3) is 5.65 Å². The Morgan fingerprint density at radius 2 is 2.03 bits per heavy atom. The molecule has 3 heterocycles. The van der Waals surface area contributed by atoms with Crippen molar-refractivity contribution in [3.8, 4) is 5.75 Å². The molecule has 0 saturated heterocycles. The first-order chi connectivity index (χ1) is 15.2. The number of nitrogens with zero attached hydrogens (tertiary/aromatic N) is 4. The maximum Gasteiger partial charge on any atom is 0.487 e. The molecule has 0 spiro atoms. The van der Waals surface area contributed by atoms with Gasteiger partial charge in [0.15, 0.2) is 10.8 Å². The highest BCUT2D eigenvalue weighted by Crippen LogP contribution is 2.28. The van der Waals surface area contributed by atoms with E-state index < -0.39 is 17.7 Å². The Bertz CT molecular complexity index is 1100. The molecular formula is C18H18Cl2F2N6O4. The van der Waals surface area contributed by atoms with Crippen LogP contribution in [0.5, 0.6) is 5.75 Å². The second-order valence-electron chi connectivity index (χ2n) is 6.34. The van der Waals surface area contributed by atoms with Gasteiger partial charge in [-0.15, -0.1) is 8.78 Å². The molecule has 0 fully saturated rings. The first-order valence-electron chi connectivity index (χ1n) is 9.10. The van der Waals surface area contributed by atoms with E-state index in [-0.39, 0.29) is 22.3 Å². The number of rotatable bonds is 9. The monoisotopic (exact) mass is 490 g/mol. The summed E-state index contributed by atoms with van der Waals surface area (Å²) in [4.78, 5) is 20.5. The van der Waals surface area contributed by atoms with Crippen LogP contribution in [0.2, 0.25) is 5.15 Å². The fraction of sp³-hybridized carbons (Fsp3) is 0.333. The molecule has 0 unspecified atom stereocenters. The molecule has 0 aliphatic heterocycles. The first-order valence-corrected chi connectivity index (χ1v) is 9.85. The Labute approximate surface area is 190 Å². The van der Waals surface area contributed by atoms with Crippen LogP contribution in [-0.4, -0.2) is 51.5 Å². The summed E-state index contributed by atoms with van der Waals surface area (Å²) in [6.07, 6.45) is 3.16. The second-order valence-corrected chi connectivity index (χ2v) is 7.16. The Kier molecular flexibility index (Phi) is 7.61. The number of pyridine rings is 1. The zero-order chi connectivity index (χ0) is 23.3. The largest absolute Gasteiger partial charge is 0.487 e. The number of ether oxygens (including phenoxy) is 3. The molecule has 2 N–H and O–H groups in total. The third-order valence-electron chi connectivity index (χ3n) is 3.98. The molecule has 3 rings (SSSR count). The van der Waals surface area contributed by atoms with Gasteiger partial charge in [0.25, 0.3) is 0 Å². The van der Waals surface area contributed by atoms with E-state index in [9.17, 15) is 13.6 Å². The van der Waals surface area contributed by atoms with Crippen LogP contribution in [0.15, 0.2) is 30.7 Å². The van der Waals surface area contributed by atoms with Gasteiger partial charge < -0.3 is 24.8 Å². The molecule has 172 valence electrons. The van der Waals surface area contributed by atoms with Crippen molar-refractivity contribution in [1.29, 1.82) is 0 Å². The van der Waals surface area contributed by atoms with Gasteiger partial charge in [0.1, 0.15) is 5.75 Å². The lowest BCUT2D eigenvalue weighted by molar-refractivity contribution is -0.0966.